The number of rotatable bonds is 7. The van der Waals surface area contributed by atoms with Crippen LogP contribution in [-0.2, 0) is 5.41 Å². The molecule has 65 heavy (non-hydrogen) atoms. The molecule has 1 aliphatic carbocycles. The fourth-order valence-corrected chi connectivity index (χ4v) is 10.1. The second-order valence-corrected chi connectivity index (χ2v) is 17.7. The third-order valence-electron chi connectivity index (χ3n) is 13.5. The molecule has 306 valence electrons. The van der Waals surface area contributed by atoms with E-state index in [2.05, 4.69) is 244 Å². The molecular formula is C63H44N2. The van der Waals surface area contributed by atoms with E-state index in [0.717, 1.165) is 38.9 Å². The first-order chi connectivity index (χ1) is 32.0. The second-order valence-electron chi connectivity index (χ2n) is 17.7. The van der Waals surface area contributed by atoms with Gasteiger partial charge in [-0.05, 0) is 119 Å². The zero-order chi connectivity index (χ0) is 43.5. The number of hydrogen-bond donors (Lipinski definition) is 0. The lowest BCUT2D eigenvalue weighted by Crippen LogP contribution is -2.14. The fraction of sp³-hybridized carbons (Fsp3) is 0.0476. The molecule has 10 aromatic carbocycles. The Labute approximate surface area is 380 Å². The predicted molar refractivity (Wildman–Crippen MR) is 273 cm³/mol. The van der Waals surface area contributed by atoms with E-state index in [4.69, 9.17) is 9.97 Å². The summed E-state index contributed by atoms with van der Waals surface area (Å²) in [5.74, 6) is 0.696. The van der Waals surface area contributed by atoms with Crippen molar-refractivity contribution < 1.29 is 0 Å². The molecule has 0 fully saturated rings. The summed E-state index contributed by atoms with van der Waals surface area (Å²) in [7, 11) is 0. The van der Waals surface area contributed by atoms with E-state index in [1.54, 1.807) is 0 Å². The number of hydrogen-bond acceptors (Lipinski definition) is 2. The van der Waals surface area contributed by atoms with Crippen molar-refractivity contribution >= 4 is 21.5 Å². The van der Waals surface area contributed by atoms with Crippen LogP contribution in [0.15, 0.2) is 231 Å². The molecule has 0 saturated heterocycles. The van der Waals surface area contributed by atoms with Gasteiger partial charge in [0.05, 0.1) is 11.4 Å². The topological polar surface area (TPSA) is 25.8 Å². The molecule has 11 aromatic rings. The minimum Gasteiger partial charge on any atom is -0.228 e. The molecule has 1 heterocycles. The molecule has 1 aromatic heterocycles. The molecule has 0 atom stereocenters. The van der Waals surface area contributed by atoms with Crippen LogP contribution in [0.25, 0.3) is 111 Å². The highest BCUT2D eigenvalue weighted by atomic mass is 14.9. The van der Waals surface area contributed by atoms with Crippen molar-refractivity contribution in [2.75, 3.05) is 0 Å². The smallest absolute Gasteiger partial charge is 0.161 e. The monoisotopic (exact) mass is 828 g/mol. The van der Waals surface area contributed by atoms with Crippen molar-refractivity contribution in [1.82, 2.24) is 9.97 Å². The van der Waals surface area contributed by atoms with Gasteiger partial charge < -0.3 is 0 Å². The van der Waals surface area contributed by atoms with E-state index < -0.39 is 0 Å². The van der Waals surface area contributed by atoms with Crippen molar-refractivity contribution in [2.45, 2.75) is 19.3 Å². The van der Waals surface area contributed by atoms with Gasteiger partial charge in [-0.25, -0.2) is 9.97 Å². The normalized spacial score (nSPS) is 12.6. The molecule has 2 heteroatoms. The molecule has 0 radical (unpaired) electrons. The van der Waals surface area contributed by atoms with Gasteiger partial charge in [0.2, 0.25) is 0 Å². The first-order valence-corrected chi connectivity index (χ1v) is 22.5. The largest absolute Gasteiger partial charge is 0.228 e. The van der Waals surface area contributed by atoms with Gasteiger partial charge in [0.1, 0.15) is 0 Å². The quantitative estimate of drug-likeness (QED) is 0.160. The SMILES string of the molecule is CC1(C)c2cc3ccccc3cc2-c2c(-c3cccc(-c4ccc(-c5nc(-c6ccc(-c7ccccc7)cc6)cc(-c6ccc(-c7ccccc7)cc6)n5)c5ccccc45)c3)cccc21. The molecule has 0 amide bonds. The Balaban J connectivity index is 0.970. The van der Waals surface area contributed by atoms with Crippen LogP contribution < -0.4 is 0 Å². The van der Waals surface area contributed by atoms with Crippen LogP contribution in [0.4, 0.5) is 0 Å². The average molecular weight is 829 g/mol. The minimum absolute atomic E-state index is 0.106. The molecule has 0 bridgehead atoms. The maximum Gasteiger partial charge on any atom is 0.161 e. The van der Waals surface area contributed by atoms with Crippen molar-refractivity contribution in [1.29, 1.82) is 0 Å². The molecule has 1 aliphatic rings. The molecule has 0 unspecified atom stereocenters. The molecular weight excluding hydrogens is 785 g/mol. The van der Waals surface area contributed by atoms with Crippen LogP contribution in [0.5, 0.6) is 0 Å². The number of aromatic nitrogens is 2. The summed E-state index contributed by atoms with van der Waals surface area (Å²) >= 11 is 0. The third kappa shape index (κ3) is 6.74. The van der Waals surface area contributed by atoms with Crippen LogP contribution >= 0.6 is 0 Å². The van der Waals surface area contributed by atoms with Gasteiger partial charge in [0, 0.05) is 22.1 Å². The standard InChI is InChI=1S/C63H44N2/c1-63(2)57-26-14-25-52(61(57)56-38-47-19-9-10-20-48(47)39-58(56)63)50-22-13-21-49(37-50)51-35-36-55(54-24-12-11-23-53(51)54)62-64-59(45-31-27-43(28-32-45)41-15-5-3-6-16-41)40-60(65-62)46-33-29-44(30-34-46)42-17-7-4-8-18-42/h3-40H,1-2H3. The number of benzene rings is 10. The summed E-state index contributed by atoms with van der Waals surface area (Å²) in [4.78, 5) is 10.7. The Morgan fingerprint density at radius 1 is 0.292 bits per heavy atom. The first kappa shape index (κ1) is 38.5. The Morgan fingerprint density at radius 2 is 0.754 bits per heavy atom. The summed E-state index contributed by atoms with van der Waals surface area (Å²) < 4.78 is 0. The van der Waals surface area contributed by atoms with Gasteiger partial charge in [-0.3, -0.25) is 0 Å². The van der Waals surface area contributed by atoms with E-state index in [-0.39, 0.29) is 5.41 Å². The van der Waals surface area contributed by atoms with Crippen molar-refractivity contribution in [2.24, 2.45) is 0 Å². The first-order valence-electron chi connectivity index (χ1n) is 22.5. The van der Waals surface area contributed by atoms with Gasteiger partial charge in [-0.1, -0.05) is 214 Å². The second kappa shape index (κ2) is 15.6. The highest BCUT2D eigenvalue weighted by molar-refractivity contribution is 6.05. The highest BCUT2D eigenvalue weighted by Gasteiger charge is 2.37. The van der Waals surface area contributed by atoms with Crippen LogP contribution in [0.3, 0.4) is 0 Å². The lowest BCUT2D eigenvalue weighted by atomic mass is 9.81. The van der Waals surface area contributed by atoms with Gasteiger partial charge in [-0.2, -0.15) is 0 Å². The zero-order valence-corrected chi connectivity index (χ0v) is 36.3. The number of fused-ring (bicyclic) bond motifs is 5. The molecule has 2 nitrogen and oxygen atoms in total. The van der Waals surface area contributed by atoms with E-state index in [1.807, 2.05) is 0 Å². The molecule has 0 saturated carbocycles. The minimum atomic E-state index is -0.106. The third-order valence-corrected chi connectivity index (χ3v) is 13.5. The maximum absolute atomic E-state index is 5.34. The van der Waals surface area contributed by atoms with E-state index in [1.165, 1.54) is 77.5 Å². The molecule has 0 spiro atoms. The summed E-state index contributed by atoms with van der Waals surface area (Å²) in [5.41, 5.74) is 19.7. The van der Waals surface area contributed by atoms with Crippen molar-refractivity contribution in [3.8, 4) is 89.5 Å². The van der Waals surface area contributed by atoms with Crippen molar-refractivity contribution in [3.63, 3.8) is 0 Å². The van der Waals surface area contributed by atoms with Crippen LogP contribution in [0.1, 0.15) is 25.0 Å². The Morgan fingerprint density at radius 3 is 1.37 bits per heavy atom. The Bertz CT molecular complexity index is 3490. The molecule has 12 rings (SSSR count). The lowest BCUT2D eigenvalue weighted by Gasteiger charge is -2.22. The van der Waals surface area contributed by atoms with E-state index in [0.29, 0.717) is 5.82 Å². The maximum atomic E-state index is 5.34. The summed E-state index contributed by atoms with van der Waals surface area (Å²) in [5, 5.41) is 4.83. The Kier molecular flexibility index (Phi) is 9.21. The summed E-state index contributed by atoms with van der Waals surface area (Å²) in [6.45, 7) is 4.73. The van der Waals surface area contributed by atoms with Gasteiger partial charge in [0.15, 0.2) is 5.82 Å². The van der Waals surface area contributed by atoms with Gasteiger partial charge in [0.25, 0.3) is 0 Å². The van der Waals surface area contributed by atoms with E-state index in [9.17, 15) is 0 Å². The molecule has 0 N–H and O–H groups in total. The van der Waals surface area contributed by atoms with Crippen LogP contribution in [-0.4, -0.2) is 9.97 Å². The zero-order valence-electron chi connectivity index (χ0n) is 36.3. The van der Waals surface area contributed by atoms with Gasteiger partial charge in [-0.15, -0.1) is 0 Å². The van der Waals surface area contributed by atoms with Gasteiger partial charge >= 0.3 is 0 Å². The fourth-order valence-electron chi connectivity index (χ4n) is 10.1. The lowest BCUT2D eigenvalue weighted by molar-refractivity contribution is 0.661. The number of nitrogens with zero attached hydrogens (tertiary/aromatic N) is 2. The van der Waals surface area contributed by atoms with Crippen molar-refractivity contribution in [3.05, 3.63) is 242 Å². The highest BCUT2D eigenvalue weighted by Crippen LogP contribution is 2.53. The molecule has 0 aliphatic heterocycles. The van der Waals surface area contributed by atoms with E-state index >= 15 is 0 Å². The van der Waals surface area contributed by atoms with Crippen LogP contribution in [0, 0.1) is 0 Å². The Hall–Kier alpha value is -8.20. The summed E-state index contributed by atoms with van der Waals surface area (Å²) in [6, 6.07) is 83.3. The summed E-state index contributed by atoms with van der Waals surface area (Å²) in [6.07, 6.45) is 0. The predicted octanol–water partition coefficient (Wildman–Crippen LogP) is 16.8. The average Bonchev–Trinajstić information content (AvgIpc) is 3.60. The van der Waals surface area contributed by atoms with Crippen LogP contribution in [0.2, 0.25) is 0 Å².